The third-order valence-electron chi connectivity index (χ3n) is 1.24. The van der Waals surface area contributed by atoms with Crippen molar-refractivity contribution in [3.63, 3.8) is 0 Å². The summed E-state index contributed by atoms with van der Waals surface area (Å²) in [5, 5.41) is 9.21. The Kier molecular flexibility index (Phi) is 3.30. The summed E-state index contributed by atoms with van der Waals surface area (Å²) < 4.78 is 0.892. The molecule has 0 unspecified atom stereocenters. The van der Waals surface area contributed by atoms with Gasteiger partial charge in [-0.1, -0.05) is 0 Å². The first kappa shape index (κ1) is 8.97. The molecule has 1 heterocycles. The fraction of sp³-hybridized carbons (Fsp3) is 0.286. The summed E-state index contributed by atoms with van der Waals surface area (Å²) in [4.78, 5) is 3.97. The van der Waals surface area contributed by atoms with E-state index >= 15 is 0 Å². The minimum absolute atomic E-state index is 0.175. The summed E-state index contributed by atoms with van der Waals surface area (Å²) in [6.45, 7) is 0. The van der Waals surface area contributed by atoms with Crippen molar-refractivity contribution >= 4 is 27.5 Å². The van der Waals surface area contributed by atoms with Gasteiger partial charge in [0.1, 0.15) is 6.10 Å². The molecule has 0 radical (unpaired) electrons. The van der Waals surface area contributed by atoms with Crippen molar-refractivity contribution in [2.75, 3.05) is 5.88 Å². The molecule has 0 fully saturated rings. The first-order valence-electron chi connectivity index (χ1n) is 3.09. The average Bonchev–Trinajstić information content (AvgIpc) is 2.05. The summed E-state index contributed by atoms with van der Waals surface area (Å²) >= 11 is 8.66. The Morgan fingerprint density at radius 2 is 2.36 bits per heavy atom. The number of alkyl halides is 1. The van der Waals surface area contributed by atoms with Crippen LogP contribution in [0.3, 0.4) is 0 Å². The van der Waals surface area contributed by atoms with E-state index in [1.807, 2.05) is 6.07 Å². The molecule has 0 amide bonds. The Morgan fingerprint density at radius 3 is 2.82 bits per heavy atom. The first-order valence-corrected chi connectivity index (χ1v) is 4.42. The highest BCUT2D eigenvalue weighted by Crippen LogP contribution is 2.14. The summed E-state index contributed by atoms with van der Waals surface area (Å²) in [5.74, 6) is 0.175. The largest absolute Gasteiger partial charge is 0.386 e. The van der Waals surface area contributed by atoms with Crippen LogP contribution in [0.5, 0.6) is 0 Å². The zero-order chi connectivity index (χ0) is 8.27. The van der Waals surface area contributed by atoms with Gasteiger partial charge in [-0.15, -0.1) is 11.6 Å². The summed E-state index contributed by atoms with van der Waals surface area (Å²) in [6.07, 6.45) is 0.968. The van der Waals surface area contributed by atoms with E-state index in [-0.39, 0.29) is 5.88 Å². The number of aliphatic hydroxyl groups excluding tert-OH is 1. The molecule has 0 bridgehead atoms. The highest BCUT2D eigenvalue weighted by Gasteiger charge is 2.05. The van der Waals surface area contributed by atoms with E-state index in [4.69, 9.17) is 11.6 Å². The number of hydrogen-bond donors (Lipinski definition) is 1. The second kappa shape index (κ2) is 4.04. The molecule has 1 N–H and O–H groups in total. The minimum atomic E-state index is -0.662. The van der Waals surface area contributed by atoms with Crippen LogP contribution in [0, 0.1) is 0 Å². The molecule has 0 spiro atoms. The number of rotatable bonds is 2. The lowest BCUT2D eigenvalue weighted by molar-refractivity contribution is 0.197. The molecule has 1 atom stereocenters. The van der Waals surface area contributed by atoms with Crippen LogP contribution in [0.4, 0.5) is 0 Å². The highest BCUT2D eigenvalue weighted by atomic mass is 79.9. The quantitative estimate of drug-likeness (QED) is 0.798. The molecule has 11 heavy (non-hydrogen) atoms. The second-order valence-electron chi connectivity index (χ2n) is 2.07. The van der Waals surface area contributed by atoms with E-state index in [0.29, 0.717) is 5.69 Å². The molecule has 0 aliphatic rings. The maximum Gasteiger partial charge on any atom is 0.109 e. The van der Waals surface area contributed by atoms with Crippen LogP contribution in [0.1, 0.15) is 11.8 Å². The summed E-state index contributed by atoms with van der Waals surface area (Å²) in [5.41, 5.74) is 0.600. The van der Waals surface area contributed by atoms with Gasteiger partial charge in [-0.05, 0) is 28.1 Å². The molecule has 0 aromatic carbocycles. The molecule has 0 aliphatic carbocycles. The van der Waals surface area contributed by atoms with E-state index in [9.17, 15) is 5.11 Å². The van der Waals surface area contributed by atoms with E-state index in [1.54, 1.807) is 12.3 Å². The van der Waals surface area contributed by atoms with Crippen LogP contribution in [0.2, 0.25) is 0 Å². The van der Waals surface area contributed by atoms with E-state index in [2.05, 4.69) is 20.9 Å². The molecule has 1 aromatic heterocycles. The number of nitrogens with zero attached hydrogens (tertiary/aromatic N) is 1. The molecule has 60 valence electrons. The minimum Gasteiger partial charge on any atom is -0.386 e. The lowest BCUT2D eigenvalue weighted by Crippen LogP contribution is -2.00. The average molecular weight is 236 g/mol. The summed E-state index contributed by atoms with van der Waals surface area (Å²) in [7, 11) is 0. The maximum atomic E-state index is 9.21. The Balaban J connectivity index is 2.81. The van der Waals surface area contributed by atoms with Crippen LogP contribution in [-0.2, 0) is 0 Å². The fourth-order valence-electron chi connectivity index (χ4n) is 0.663. The van der Waals surface area contributed by atoms with Crippen molar-refractivity contribution in [2.24, 2.45) is 0 Å². The van der Waals surface area contributed by atoms with Crippen molar-refractivity contribution in [3.05, 3.63) is 28.5 Å². The molecule has 0 saturated heterocycles. The zero-order valence-corrected chi connectivity index (χ0v) is 8.01. The number of aromatic nitrogens is 1. The Labute approximate surface area is 78.3 Å². The van der Waals surface area contributed by atoms with Crippen molar-refractivity contribution in [1.82, 2.24) is 4.98 Å². The van der Waals surface area contributed by atoms with Gasteiger partial charge in [0.15, 0.2) is 0 Å². The van der Waals surface area contributed by atoms with Gasteiger partial charge in [0.2, 0.25) is 0 Å². The van der Waals surface area contributed by atoms with Gasteiger partial charge in [0.25, 0.3) is 0 Å². The fourth-order valence-corrected chi connectivity index (χ4v) is 1.06. The predicted octanol–water partition coefficient (Wildman–Crippen LogP) is 2.12. The van der Waals surface area contributed by atoms with E-state index in [0.717, 1.165) is 4.47 Å². The molecular formula is C7H7BrClNO. The number of aliphatic hydroxyl groups is 1. The molecule has 1 aromatic rings. The van der Waals surface area contributed by atoms with Crippen LogP contribution >= 0.6 is 27.5 Å². The normalized spacial score (nSPS) is 13.0. The van der Waals surface area contributed by atoms with Crippen LogP contribution < -0.4 is 0 Å². The summed E-state index contributed by atoms with van der Waals surface area (Å²) in [6, 6.07) is 3.55. The van der Waals surface area contributed by atoms with Gasteiger partial charge < -0.3 is 5.11 Å². The Hall–Kier alpha value is -0.120. The Bertz CT molecular complexity index is 226. The van der Waals surface area contributed by atoms with E-state index in [1.165, 1.54) is 0 Å². The molecule has 0 saturated carbocycles. The third-order valence-corrected chi connectivity index (χ3v) is 2.00. The topological polar surface area (TPSA) is 33.1 Å². The Morgan fingerprint density at radius 1 is 1.64 bits per heavy atom. The molecule has 2 nitrogen and oxygen atoms in total. The van der Waals surface area contributed by atoms with Crippen LogP contribution in [0.25, 0.3) is 0 Å². The van der Waals surface area contributed by atoms with Gasteiger partial charge >= 0.3 is 0 Å². The standard InChI is InChI=1S/C7H7BrClNO/c8-5-1-2-6(10-4-5)7(11)3-9/h1-2,4,7,11H,3H2/t7-/m0/s1. The van der Waals surface area contributed by atoms with E-state index < -0.39 is 6.10 Å². The molecule has 0 aliphatic heterocycles. The van der Waals surface area contributed by atoms with Crippen molar-refractivity contribution in [2.45, 2.75) is 6.10 Å². The molecule has 1 rings (SSSR count). The molecular weight excluding hydrogens is 229 g/mol. The smallest absolute Gasteiger partial charge is 0.109 e. The number of pyridine rings is 1. The van der Waals surface area contributed by atoms with Gasteiger partial charge in [-0.2, -0.15) is 0 Å². The monoisotopic (exact) mass is 235 g/mol. The predicted molar refractivity (Wildman–Crippen MR) is 47.6 cm³/mol. The lowest BCUT2D eigenvalue weighted by Gasteiger charge is -2.04. The van der Waals surface area contributed by atoms with Gasteiger partial charge in [-0.3, -0.25) is 4.98 Å². The third kappa shape index (κ3) is 2.43. The highest BCUT2D eigenvalue weighted by molar-refractivity contribution is 9.10. The van der Waals surface area contributed by atoms with Crippen LogP contribution in [-0.4, -0.2) is 16.0 Å². The van der Waals surface area contributed by atoms with Crippen molar-refractivity contribution in [3.8, 4) is 0 Å². The second-order valence-corrected chi connectivity index (χ2v) is 3.30. The lowest BCUT2D eigenvalue weighted by atomic mass is 10.2. The SMILES string of the molecule is O[C@@H](CCl)c1ccc(Br)cn1. The van der Waals surface area contributed by atoms with Crippen LogP contribution in [0.15, 0.2) is 22.8 Å². The number of hydrogen-bond acceptors (Lipinski definition) is 2. The van der Waals surface area contributed by atoms with Crippen molar-refractivity contribution < 1.29 is 5.11 Å². The van der Waals surface area contributed by atoms with Gasteiger partial charge in [0, 0.05) is 10.7 Å². The number of halogens is 2. The van der Waals surface area contributed by atoms with Gasteiger partial charge in [0.05, 0.1) is 11.6 Å². The molecule has 4 heteroatoms. The van der Waals surface area contributed by atoms with Gasteiger partial charge in [-0.25, -0.2) is 0 Å². The first-order chi connectivity index (χ1) is 5.24. The van der Waals surface area contributed by atoms with Crippen molar-refractivity contribution in [1.29, 1.82) is 0 Å². The maximum absolute atomic E-state index is 9.21. The zero-order valence-electron chi connectivity index (χ0n) is 5.67.